The Kier molecular flexibility index (Phi) is 4.29. The van der Waals surface area contributed by atoms with Crippen molar-refractivity contribution in [3.63, 3.8) is 0 Å². The molecule has 1 N–H and O–H groups in total. The average Bonchev–Trinajstić information content (AvgIpc) is 3.06. The predicted molar refractivity (Wildman–Crippen MR) is 84.1 cm³/mol. The van der Waals surface area contributed by atoms with Crippen molar-refractivity contribution >= 4 is 23.2 Å². The molecular formula is C15H12ClN5O2. The molecule has 0 bridgehead atoms. The van der Waals surface area contributed by atoms with E-state index >= 15 is 0 Å². The number of carbonyl (C=O) groups excluding carboxylic acids is 1. The van der Waals surface area contributed by atoms with Crippen LogP contribution in [0.15, 0.2) is 41.3 Å². The molecule has 0 spiro atoms. The first-order valence-corrected chi connectivity index (χ1v) is 7.25. The Hall–Kier alpha value is -2.80. The zero-order valence-electron chi connectivity index (χ0n) is 12.2. The highest BCUT2D eigenvalue weighted by Gasteiger charge is 2.16. The van der Waals surface area contributed by atoms with Crippen LogP contribution in [0.3, 0.4) is 0 Å². The number of halogens is 1. The van der Waals surface area contributed by atoms with Gasteiger partial charge in [-0.2, -0.15) is 4.98 Å². The van der Waals surface area contributed by atoms with E-state index in [0.717, 1.165) is 0 Å². The molecule has 2 aromatic heterocycles. The van der Waals surface area contributed by atoms with E-state index in [-0.39, 0.29) is 5.69 Å². The van der Waals surface area contributed by atoms with Gasteiger partial charge in [0.2, 0.25) is 0 Å². The van der Waals surface area contributed by atoms with Crippen LogP contribution in [0.2, 0.25) is 5.02 Å². The molecule has 1 amide bonds. The number of aromatic nitrogens is 4. The van der Waals surface area contributed by atoms with Crippen LogP contribution >= 0.6 is 11.6 Å². The average molecular weight is 330 g/mol. The third-order valence-electron chi connectivity index (χ3n) is 3.04. The maximum Gasteiger partial charge on any atom is 0.275 e. The summed E-state index contributed by atoms with van der Waals surface area (Å²) in [6.07, 6.45) is 4.97. The van der Waals surface area contributed by atoms with Crippen LogP contribution in [0.4, 0.5) is 5.69 Å². The summed E-state index contributed by atoms with van der Waals surface area (Å²) >= 11 is 6.04. The van der Waals surface area contributed by atoms with Crippen molar-refractivity contribution in [1.29, 1.82) is 0 Å². The van der Waals surface area contributed by atoms with Crippen molar-refractivity contribution in [2.24, 2.45) is 0 Å². The van der Waals surface area contributed by atoms with Gasteiger partial charge in [-0.05, 0) is 18.2 Å². The number of carbonyl (C=O) groups is 1. The zero-order chi connectivity index (χ0) is 16.2. The minimum absolute atomic E-state index is 0.202. The fraction of sp³-hybridized carbons (Fsp3) is 0.133. The van der Waals surface area contributed by atoms with Crippen molar-refractivity contribution in [1.82, 2.24) is 20.1 Å². The third-order valence-corrected chi connectivity index (χ3v) is 3.28. The highest BCUT2D eigenvalue weighted by atomic mass is 35.5. The molecule has 3 rings (SSSR count). The summed E-state index contributed by atoms with van der Waals surface area (Å²) in [5.74, 6) is 0.474. The molecule has 7 nitrogen and oxygen atoms in total. The number of amides is 1. The Morgan fingerprint density at radius 2 is 2.22 bits per heavy atom. The summed E-state index contributed by atoms with van der Waals surface area (Å²) in [5, 5.41) is 7.10. The number of rotatable bonds is 4. The van der Waals surface area contributed by atoms with Crippen LogP contribution in [0, 0.1) is 0 Å². The SMILES string of the molecule is CCc1noc(-c2cc(Cl)ccc2NC(=O)c2cnccn2)n1. The van der Waals surface area contributed by atoms with E-state index in [1.807, 2.05) is 6.92 Å². The van der Waals surface area contributed by atoms with E-state index in [4.69, 9.17) is 16.1 Å². The van der Waals surface area contributed by atoms with Crippen LogP contribution in [0.5, 0.6) is 0 Å². The van der Waals surface area contributed by atoms with Gasteiger partial charge in [-0.3, -0.25) is 9.78 Å². The summed E-state index contributed by atoms with van der Waals surface area (Å²) in [6, 6.07) is 4.98. The number of anilines is 1. The second kappa shape index (κ2) is 6.53. The first-order valence-electron chi connectivity index (χ1n) is 6.87. The largest absolute Gasteiger partial charge is 0.334 e. The molecule has 3 aromatic rings. The second-order valence-corrected chi connectivity index (χ2v) is 5.04. The molecule has 2 heterocycles. The molecule has 0 saturated heterocycles. The number of hydrogen-bond donors (Lipinski definition) is 1. The van der Waals surface area contributed by atoms with Crippen molar-refractivity contribution < 1.29 is 9.32 Å². The normalized spacial score (nSPS) is 10.5. The maximum absolute atomic E-state index is 12.2. The zero-order valence-corrected chi connectivity index (χ0v) is 12.9. The summed E-state index contributed by atoms with van der Waals surface area (Å²) in [6.45, 7) is 1.92. The van der Waals surface area contributed by atoms with Gasteiger partial charge in [-0.25, -0.2) is 4.98 Å². The minimum Gasteiger partial charge on any atom is -0.334 e. The Bertz CT molecular complexity index is 835. The number of nitrogens with zero attached hydrogens (tertiary/aromatic N) is 4. The molecule has 0 radical (unpaired) electrons. The molecule has 8 heteroatoms. The molecule has 0 aliphatic carbocycles. The molecule has 23 heavy (non-hydrogen) atoms. The van der Waals surface area contributed by atoms with Gasteiger partial charge in [0.25, 0.3) is 11.8 Å². The molecule has 0 unspecified atom stereocenters. The lowest BCUT2D eigenvalue weighted by Gasteiger charge is -2.08. The van der Waals surface area contributed by atoms with Gasteiger partial charge in [0.15, 0.2) is 5.82 Å². The van der Waals surface area contributed by atoms with Gasteiger partial charge in [0.1, 0.15) is 5.69 Å². The smallest absolute Gasteiger partial charge is 0.275 e. The van der Waals surface area contributed by atoms with E-state index in [2.05, 4.69) is 25.4 Å². The molecule has 1 aromatic carbocycles. The standard InChI is InChI=1S/C15H12ClN5O2/c1-2-13-20-15(23-21-13)10-7-9(16)3-4-11(10)19-14(22)12-8-17-5-6-18-12/h3-8H,2H2,1H3,(H,19,22). The molecule has 0 aliphatic rings. The lowest BCUT2D eigenvalue weighted by atomic mass is 10.1. The van der Waals surface area contributed by atoms with E-state index < -0.39 is 5.91 Å². The second-order valence-electron chi connectivity index (χ2n) is 4.60. The minimum atomic E-state index is -0.392. The molecule has 116 valence electrons. The van der Waals surface area contributed by atoms with Crippen molar-refractivity contribution in [3.05, 3.63) is 53.3 Å². The Morgan fingerprint density at radius 1 is 1.35 bits per heavy atom. The van der Waals surface area contributed by atoms with Gasteiger partial charge < -0.3 is 9.84 Å². The monoisotopic (exact) mass is 329 g/mol. The quantitative estimate of drug-likeness (QED) is 0.790. The number of benzene rings is 1. The van der Waals surface area contributed by atoms with E-state index in [9.17, 15) is 4.79 Å². The predicted octanol–water partition coefficient (Wildman–Crippen LogP) is 2.99. The molecule has 0 aliphatic heterocycles. The van der Waals surface area contributed by atoms with Gasteiger partial charge in [-0.15, -0.1) is 0 Å². The van der Waals surface area contributed by atoms with Crippen LogP contribution in [-0.2, 0) is 6.42 Å². The van der Waals surface area contributed by atoms with E-state index in [1.54, 1.807) is 18.2 Å². The summed E-state index contributed by atoms with van der Waals surface area (Å²) in [7, 11) is 0. The fourth-order valence-electron chi connectivity index (χ4n) is 1.91. The van der Waals surface area contributed by atoms with Gasteiger partial charge >= 0.3 is 0 Å². The van der Waals surface area contributed by atoms with Crippen LogP contribution in [0.25, 0.3) is 11.5 Å². The first kappa shape index (κ1) is 15.1. The molecular weight excluding hydrogens is 318 g/mol. The Balaban J connectivity index is 1.95. The summed E-state index contributed by atoms with van der Waals surface area (Å²) < 4.78 is 5.23. The van der Waals surface area contributed by atoms with E-state index in [0.29, 0.717) is 34.4 Å². The lowest BCUT2D eigenvalue weighted by Crippen LogP contribution is -2.14. The van der Waals surface area contributed by atoms with Crippen molar-refractivity contribution in [2.75, 3.05) is 5.32 Å². The summed E-state index contributed by atoms with van der Waals surface area (Å²) in [4.78, 5) is 24.3. The molecule has 0 atom stereocenters. The van der Waals surface area contributed by atoms with Crippen molar-refractivity contribution in [3.8, 4) is 11.5 Å². The van der Waals surface area contributed by atoms with Crippen LogP contribution in [0.1, 0.15) is 23.2 Å². The van der Waals surface area contributed by atoms with Gasteiger partial charge in [0.05, 0.1) is 17.4 Å². The fourth-order valence-corrected chi connectivity index (χ4v) is 2.08. The van der Waals surface area contributed by atoms with Crippen LogP contribution in [-0.4, -0.2) is 26.0 Å². The van der Waals surface area contributed by atoms with Crippen LogP contribution < -0.4 is 5.32 Å². The van der Waals surface area contributed by atoms with Gasteiger partial charge in [-0.1, -0.05) is 23.7 Å². The summed E-state index contributed by atoms with van der Waals surface area (Å²) in [5.41, 5.74) is 1.24. The highest BCUT2D eigenvalue weighted by Crippen LogP contribution is 2.30. The first-order chi connectivity index (χ1) is 11.2. The molecule has 0 saturated carbocycles. The Morgan fingerprint density at radius 3 is 2.91 bits per heavy atom. The number of nitrogens with one attached hydrogen (secondary N) is 1. The number of aryl methyl sites for hydroxylation is 1. The molecule has 0 fully saturated rings. The number of hydrogen-bond acceptors (Lipinski definition) is 6. The maximum atomic E-state index is 12.2. The van der Waals surface area contributed by atoms with Crippen molar-refractivity contribution in [2.45, 2.75) is 13.3 Å². The van der Waals surface area contributed by atoms with Gasteiger partial charge in [0, 0.05) is 23.8 Å². The highest BCUT2D eigenvalue weighted by molar-refractivity contribution is 6.31. The Labute approximate surface area is 136 Å². The lowest BCUT2D eigenvalue weighted by molar-refractivity contribution is 0.102. The topological polar surface area (TPSA) is 93.8 Å². The van der Waals surface area contributed by atoms with E-state index in [1.165, 1.54) is 18.6 Å². The third kappa shape index (κ3) is 3.35.